The summed E-state index contributed by atoms with van der Waals surface area (Å²) in [7, 11) is 0. The van der Waals surface area contributed by atoms with Gasteiger partial charge in [-0.15, -0.1) is 0 Å². The predicted octanol–water partition coefficient (Wildman–Crippen LogP) is -4.36. The Bertz CT molecular complexity index is 619. The Hall–Kier alpha value is -3.42. The summed E-state index contributed by atoms with van der Waals surface area (Å²) in [6.07, 6.45) is -0.427. The number of aliphatic imine (C=N–C) groups is 1. The van der Waals surface area contributed by atoms with Gasteiger partial charge >= 0.3 is 11.9 Å². The van der Waals surface area contributed by atoms with E-state index in [0.29, 0.717) is 0 Å². The Balaban J connectivity index is 5.11. The van der Waals surface area contributed by atoms with Crippen molar-refractivity contribution < 1.29 is 34.2 Å². The van der Waals surface area contributed by atoms with Crippen LogP contribution in [0.15, 0.2) is 4.99 Å². The minimum atomic E-state index is -1.54. The number of nitrogens with two attached hydrogens (primary N) is 3. The van der Waals surface area contributed by atoms with Crippen molar-refractivity contribution in [3.05, 3.63) is 0 Å². The van der Waals surface area contributed by atoms with E-state index in [1.165, 1.54) is 0 Å². The molecule has 0 aliphatic carbocycles. The monoisotopic (exact) mass is 403 g/mol. The minimum absolute atomic E-state index is 0.0743. The number of amides is 3. The number of hydrogen-bond acceptors (Lipinski definition) is 7. The van der Waals surface area contributed by atoms with Gasteiger partial charge in [0.05, 0.1) is 13.0 Å². The summed E-state index contributed by atoms with van der Waals surface area (Å²) < 4.78 is 0. The standard InChI is InChI=1S/C14H25N7O7/c15-5-9(22)20-7(2-1-3-18-14(16)17)13(28)21-8(4-10(23)24)12(27)19-6-11(25)26/h7-8H,1-6,15H2,(H,19,27)(H,20,22)(H,21,28)(H,23,24)(H,25,26)(H4,16,17,18). The molecule has 11 N–H and O–H groups in total. The first-order valence-electron chi connectivity index (χ1n) is 8.13. The molecular weight excluding hydrogens is 378 g/mol. The number of nitrogens with one attached hydrogen (secondary N) is 3. The summed E-state index contributed by atoms with van der Waals surface area (Å²) >= 11 is 0. The molecule has 0 aromatic rings. The average molecular weight is 403 g/mol. The van der Waals surface area contributed by atoms with Crippen molar-refractivity contribution in [1.82, 2.24) is 16.0 Å². The fourth-order valence-corrected chi connectivity index (χ4v) is 1.97. The summed E-state index contributed by atoms with van der Waals surface area (Å²) in [5, 5.41) is 24.0. The number of guanidine groups is 1. The lowest BCUT2D eigenvalue weighted by molar-refractivity contribution is -0.141. The molecule has 14 heteroatoms. The highest BCUT2D eigenvalue weighted by atomic mass is 16.4. The number of carboxylic acid groups (broad SMARTS) is 2. The van der Waals surface area contributed by atoms with Gasteiger partial charge in [0, 0.05) is 6.54 Å². The van der Waals surface area contributed by atoms with Crippen LogP contribution in [0.3, 0.4) is 0 Å². The molecule has 28 heavy (non-hydrogen) atoms. The number of carbonyl (C=O) groups excluding carboxylic acids is 3. The van der Waals surface area contributed by atoms with Crippen LogP contribution in [0.1, 0.15) is 19.3 Å². The highest BCUT2D eigenvalue weighted by molar-refractivity contribution is 5.94. The van der Waals surface area contributed by atoms with Crippen LogP contribution in [0.2, 0.25) is 0 Å². The molecule has 0 rings (SSSR count). The van der Waals surface area contributed by atoms with E-state index >= 15 is 0 Å². The normalized spacial score (nSPS) is 12.2. The molecule has 158 valence electrons. The number of hydrogen-bond donors (Lipinski definition) is 8. The van der Waals surface area contributed by atoms with Crippen molar-refractivity contribution in [2.45, 2.75) is 31.3 Å². The summed E-state index contributed by atoms with van der Waals surface area (Å²) in [5.74, 6) is -5.38. The zero-order valence-electron chi connectivity index (χ0n) is 15.0. The van der Waals surface area contributed by atoms with Gasteiger partial charge in [-0.05, 0) is 12.8 Å². The van der Waals surface area contributed by atoms with Crippen LogP contribution >= 0.6 is 0 Å². The number of rotatable bonds is 13. The molecule has 3 amide bonds. The third kappa shape index (κ3) is 11.2. The number of carboxylic acids is 2. The Labute approximate surface area is 159 Å². The molecule has 14 nitrogen and oxygen atoms in total. The molecule has 0 radical (unpaired) electrons. The fourth-order valence-electron chi connectivity index (χ4n) is 1.97. The van der Waals surface area contributed by atoms with E-state index < -0.39 is 61.3 Å². The summed E-state index contributed by atoms with van der Waals surface area (Å²) in [6, 6.07) is -2.67. The highest BCUT2D eigenvalue weighted by Crippen LogP contribution is 2.02. The van der Waals surface area contributed by atoms with Crippen molar-refractivity contribution in [3.63, 3.8) is 0 Å². The van der Waals surface area contributed by atoms with Crippen LogP contribution < -0.4 is 33.2 Å². The molecule has 0 spiro atoms. The van der Waals surface area contributed by atoms with Crippen molar-refractivity contribution in [2.24, 2.45) is 22.2 Å². The van der Waals surface area contributed by atoms with Gasteiger partial charge in [0.25, 0.3) is 0 Å². The third-order valence-electron chi connectivity index (χ3n) is 3.21. The predicted molar refractivity (Wildman–Crippen MR) is 95.7 cm³/mol. The minimum Gasteiger partial charge on any atom is -0.481 e. The van der Waals surface area contributed by atoms with Crippen LogP contribution in [0.4, 0.5) is 0 Å². The van der Waals surface area contributed by atoms with E-state index in [-0.39, 0.29) is 25.3 Å². The first kappa shape index (κ1) is 24.6. The van der Waals surface area contributed by atoms with Crippen LogP contribution in [0.5, 0.6) is 0 Å². The van der Waals surface area contributed by atoms with Gasteiger partial charge in [-0.25, -0.2) is 0 Å². The van der Waals surface area contributed by atoms with Gasteiger partial charge < -0.3 is 43.4 Å². The molecule has 0 saturated heterocycles. The smallest absolute Gasteiger partial charge is 0.322 e. The van der Waals surface area contributed by atoms with E-state index in [1.807, 2.05) is 5.32 Å². The summed E-state index contributed by atoms with van der Waals surface area (Å²) in [4.78, 5) is 61.1. The lowest BCUT2D eigenvalue weighted by atomic mass is 10.1. The molecule has 0 aromatic carbocycles. The van der Waals surface area contributed by atoms with E-state index in [4.69, 9.17) is 27.4 Å². The van der Waals surface area contributed by atoms with Gasteiger partial charge in [-0.3, -0.25) is 29.0 Å². The number of nitrogens with zero attached hydrogens (tertiary/aromatic N) is 1. The Kier molecular flexibility index (Phi) is 11.3. The average Bonchev–Trinajstić information content (AvgIpc) is 2.60. The van der Waals surface area contributed by atoms with Crippen molar-refractivity contribution in [3.8, 4) is 0 Å². The maximum absolute atomic E-state index is 12.4. The Morgan fingerprint density at radius 1 is 0.929 bits per heavy atom. The maximum Gasteiger partial charge on any atom is 0.322 e. The summed E-state index contributed by atoms with van der Waals surface area (Å²) in [6.45, 7) is -0.978. The van der Waals surface area contributed by atoms with Crippen LogP contribution in [-0.4, -0.2) is 77.6 Å². The summed E-state index contributed by atoms with van der Waals surface area (Å²) in [5.41, 5.74) is 15.6. The van der Waals surface area contributed by atoms with Gasteiger partial charge in [0.1, 0.15) is 18.6 Å². The highest BCUT2D eigenvalue weighted by Gasteiger charge is 2.28. The second-order valence-corrected chi connectivity index (χ2v) is 5.54. The van der Waals surface area contributed by atoms with Crippen molar-refractivity contribution in [2.75, 3.05) is 19.6 Å². The first-order chi connectivity index (χ1) is 13.1. The SMILES string of the molecule is NCC(=O)NC(CCCN=C(N)N)C(=O)NC(CC(=O)O)C(=O)NCC(=O)O. The zero-order valence-corrected chi connectivity index (χ0v) is 15.0. The number of carbonyl (C=O) groups is 5. The van der Waals surface area contributed by atoms with E-state index in [1.54, 1.807) is 0 Å². The van der Waals surface area contributed by atoms with Gasteiger partial charge in [-0.1, -0.05) is 0 Å². The molecule has 0 aliphatic rings. The van der Waals surface area contributed by atoms with E-state index in [2.05, 4.69) is 15.6 Å². The molecule has 2 unspecified atom stereocenters. The Morgan fingerprint density at radius 3 is 2.07 bits per heavy atom. The molecule has 0 aliphatic heterocycles. The molecular formula is C14H25N7O7. The van der Waals surface area contributed by atoms with Gasteiger partial charge in [0.15, 0.2) is 5.96 Å². The molecule has 0 bridgehead atoms. The van der Waals surface area contributed by atoms with Crippen LogP contribution in [0, 0.1) is 0 Å². The molecule has 2 atom stereocenters. The molecule has 0 aromatic heterocycles. The lowest BCUT2D eigenvalue weighted by Gasteiger charge is -2.22. The first-order valence-corrected chi connectivity index (χ1v) is 8.13. The Morgan fingerprint density at radius 2 is 1.57 bits per heavy atom. The van der Waals surface area contributed by atoms with Gasteiger partial charge in [0.2, 0.25) is 17.7 Å². The van der Waals surface area contributed by atoms with Gasteiger partial charge in [-0.2, -0.15) is 0 Å². The van der Waals surface area contributed by atoms with Crippen LogP contribution in [-0.2, 0) is 24.0 Å². The van der Waals surface area contributed by atoms with Crippen molar-refractivity contribution in [1.29, 1.82) is 0 Å². The second-order valence-electron chi connectivity index (χ2n) is 5.54. The van der Waals surface area contributed by atoms with Crippen molar-refractivity contribution >= 4 is 35.6 Å². The largest absolute Gasteiger partial charge is 0.481 e. The molecule has 0 fully saturated rings. The maximum atomic E-state index is 12.4. The fraction of sp³-hybridized carbons (Fsp3) is 0.571. The lowest BCUT2D eigenvalue weighted by Crippen LogP contribution is -2.55. The zero-order chi connectivity index (χ0) is 21.7. The van der Waals surface area contributed by atoms with Crippen LogP contribution in [0.25, 0.3) is 0 Å². The quantitative estimate of drug-likeness (QED) is 0.0832. The van der Waals surface area contributed by atoms with E-state index in [0.717, 1.165) is 0 Å². The number of aliphatic carboxylic acids is 2. The molecule has 0 heterocycles. The topological polar surface area (TPSA) is 252 Å². The van der Waals surface area contributed by atoms with E-state index in [9.17, 15) is 24.0 Å². The third-order valence-corrected chi connectivity index (χ3v) is 3.21. The second kappa shape index (κ2) is 12.9. The molecule has 0 saturated carbocycles.